The van der Waals surface area contributed by atoms with Gasteiger partial charge in [0.25, 0.3) is 5.91 Å². The predicted molar refractivity (Wildman–Crippen MR) is 113 cm³/mol. The summed E-state index contributed by atoms with van der Waals surface area (Å²) >= 11 is 0. The summed E-state index contributed by atoms with van der Waals surface area (Å²) in [6.07, 6.45) is 3.57. The molecule has 1 saturated carbocycles. The Morgan fingerprint density at radius 3 is 2.36 bits per heavy atom. The molecule has 33 heavy (non-hydrogen) atoms. The first-order valence-electron chi connectivity index (χ1n) is 10.7. The van der Waals surface area contributed by atoms with Gasteiger partial charge in [-0.05, 0) is 48.7 Å². The molecule has 11 heteroatoms. The number of nitrogens with one attached hydrogen (secondary N) is 3. The molecule has 2 aromatic carbocycles. The highest BCUT2D eigenvalue weighted by Gasteiger charge is 2.32. The summed E-state index contributed by atoms with van der Waals surface area (Å²) in [5.74, 6) is 1.79. The van der Waals surface area contributed by atoms with E-state index >= 15 is 0 Å². The molecule has 5 N–H and O–H groups in total. The minimum Gasteiger partial charge on any atom is -0.353 e. The molecule has 0 aromatic heterocycles. The number of nitrogens with two attached hydrogens (primary N) is 1. The molecule has 4 rings (SSSR count). The highest BCUT2D eigenvalue weighted by atomic mass is 19.2. The fraction of sp³-hybridized carbons (Fsp3) is 0.364. The average molecular weight is 464 g/mol. The van der Waals surface area contributed by atoms with Crippen molar-refractivity contribution in [1.29, 1.82) is 0 Å². The molecular formula is C22H24F4N6O. The van der Waals surface area contributed by atoms with E-state index < -0.39 is 41.4 Å². The topological polar surface area (TPSA) is 94.8 Å². The molecule has 0 spiro atoms. The van der Waals surface area contributed by atoms with Crippen LogP contribution in [-0.2, 0) is 0 Å². The summed E-state index contributed by atoms with van der Waals surface area (Å²) in [5.41, 5.74) is 3.20. The monoisotopic (exact) mass is 464 g/mol. The van der Waals surface area contributed by atoms with Crippen molar-refractivity contribution in [1.82, 2.24) is 21.2 Å². The van der Waals surface area contributed by atoms with Gasteiger partial charge in [-0.25, -0.2) is 23.0 Å². The van der Waals surface area contributed by atoms with Crippen LogP contribution in [0.3, 0.4) is 0 Å². The molecule has 1 aliphatic heterocycles. The molecule has 0 radical (unpaired) electrons. The molecule has 1 aliphatic carbocycles. The molecule has 2 atom stereocenters. The number of guanidine groups is 1. The molecule has 7 nitrogen and oxygen atoms in total. The van der Waals surface area contributed by atoms with Crippen LogP contribution in [0.25, 0.3) is 0 Å². The highest BCUT2D eigenvalue weighted by Crippen LogP contribution is 2.26. The van der Waals surface area contributed by atoms with E-state index in [4.69, 9.17) is 5.84 Å². The van der Waals surface area contributed by atoms with Crippen LogP contribution in [0.5, 0.6) is 0 Å². The third kappa shape index (κ3) is 5.67. The first kappa shape index (κ1) is 23.1. The van der Waals surface area contributed by atoms with E-state index in [1.807, 2.05) is 0 Å². The van der Waals surface area contributed by atoms with Gasteiger partial charge in [-0.2, -0.15) is 10.1 Å². The minimum atomic E-state index is -1.15. The van der Waals surface area contributed by atoms with E-state index in [9.17, 15) is 22.4 Å². The van der Waals surface area contributed by atoms with Gasteiger partial charge in [0, 0.05) is 24.1 Å². The standard InChI is InChI=1S/C22H24F4N6O/c23-14-7-13(8-15(24)10-14)19-11-20(32(27)31-19)29-22(28-16-3-1-2-4-16)30-21(33)12-5-6-17(25)18(26)9-12/h5-10,16,19-20,31H,1-4,11,27H2,(H2,28,29,30,33). The molecular weight excluding hydrogens is 440 g/mol. The maximum absolute atomic E-state index is 13.6. The van der Waals surface area contributed by atoms with E-state index in [1.165, 1.54) is 17.3 Å². The van der Waals surface area contributed by atoms with Crippen molar-refractivity contribution in [3.63, 3.8) is 0 Å². The molecule has 0 bridgehead atoms. The van der Waals surface area contributed by atoms with Crippen LogP contribution in [0.1, 0.15) is 54.1 Å². The number of benzene rings is 2. The number of nitrogens with zero attached hydrogens (tertiary/aromatic N) is 2. The van der Waals surface area contributed by atoms with Gasteiger partial charge in [0.05, 0.1) is 6.04 Å². The van der Waals surface area contributed by atoms with Crippen molar-refractivity contribution in [3.8, 4) is 0 Å². The molecule has 176 valence electrons. The number of amides is 1. The van der Waals surface area contributed by atoms with Gasteiger partial charge in [-0.15, -0.1) is 0 Å². The van der Waals surface area contributed by atoms with E-state index in [1.54, 1.807) is 0 Å². The lowest BCUT2D eigenvalue weighted by molar-refractivity contribution is 0.100. The molecule has 2 fully saturated rings. The largest absolute Gasteiger partial charge is 0.353 e. The van der Waals surface area contributed by atoms with Crippen molar-refractivity contribution in [2.75, 3.05) is 0 Å². The van der Waals surface area contributed by atoms with Gasteiger partial charge < -0.3 is 10.6 Å². The molecule has 1 heterocycles. The number of hydrazine groups is 2. The molecule has 2 aromatic rings. The minimum absolute atomic E-state index is 0.0858. The van der Waals surface area contributed by atoms with Crippen molar-refractivity contribution in [2.45, 2.75) is 50.4 Å². The number of hydrogen-bond donors (Lipinski definition) is 4. The van der Waals surface area contributed by atoms with Gasteiger partial charge >= 0.3 is 0 Å². The maximum atomic E-state index is 13.6. The number of carbonyl (C=O) groups excluding carboxylic acids is 1. The summed E-state index contributed by atoms with van der Waals surface area (Å²) < 4.78 is 54.0. The lowest BCUT2D eigenvalue weighted by atomic mass is 10.0. The zero-order chi connectivity index (χ0) is 23.5. The number of halogens is 4. The second kappa shape index (κ2) is 9.86. The van der Waals surface area contributed by atoms with Crippen molar-refractivity contribution in [3.05, 3.63) is 70.8 Å². The summed E-state index contributed by atoms with van der Waals surface area (Å²) in [6.45, 7) is 0. The van der Waals surface area contributed by atoms with Crippen molar-refractivity contribution < 1.29 is 22.4 Å². The number of aliphatic imine (C=N–C) groups is 1. The molecule has 2 aliphatic rings. The zero-order valence-electron chi connectivity index (χ0n) is 17.6. The number of carbonyl (C=O) groups is 1. The van der Waals surface area contributed by atoms with Gasteiger partial charge in [-0.3, -0.25) is 10.6 Å². The van der Waals surface area contributed by atoms with Crippen LogP contribution in [0.15, 0.2) is 41.4 Å². The van der Waals surface area contributed by atoms with Crippen LogP contribution < -0.4 is 21.9 Å². The number of rotatable bonds is 4. The molecule has 1 amide bonds. The summed E-state index contributed by atoms with van der Waals surface area (Å²) in [5, 5.41) is 7.47. The SMILES string of the molecule is NN1NC(c2cc(F)cc(F)c2)CC1N/C(=N\C(=O)c1ccc(F)c(F)c1)NC1CCCC1. The van der Waals surface area contributed by atoms with Crippen LogP contribution >= 0.6 is 0 Å². The smallest absolute Gasteiger partial charge is 0.280 e. The molecule has 1 saturated heterocycles. The van der Waals surface area contributed by atoms with Gasteiger partial charge in [0.2, 0.25) is 5.96 Å². The third-order valence-electron chi connectivity index (χ3n) is 5.77. The summed E-state index contributed by atoms with van der Waals surface area (Å²) in [6, 6.07) is 5.63. The number of hydrogen-bond acceptors (Lipinski definition) is 4. The van der Waals surface area contributed by atoms with Gasteiger partial charge in [0.15, 0.2) is 11.6 Å². The Kier molecular flexibility index (Phi) is 6.91. The second-order valence-corrected chi connectivity index (χ2v) is 8.21. The van der Waals surface area contributed by atoms with Gasteiger partial charge in [0.1, 0.15) is 17.8 Å². The highest BCUT2D eigenvalue weighted by molar-refractivity contribution is 6.02. The zero-order valence-corrected chi connectivity index (χ0v) is 17.6. The lowest BCUT2D eigenvalue weighted by Crippen LogP contribution is -2.55. The second-order valence-electron chi connectivity index (χ2n) is 8.21. The van der Waals surface area contributed by atoms with E-state index in [-0.39, 0.29) is 17.6 Å². The Morgan fingerprint density at radius 2 is 1.70 bits per heavy atom. The van der Waals surface area contributed by atoms with Crippen molar-refractivity contribution in [2.24, 2.45) is 10.8 Å². The van der Waals surface area contributed by atoms with Crippen LogP contribution in [0.2, 0.25) is 0 Å². The fourth-order valence-corrected chi connectivity index (χ4v) is 4.10. The Balaban J connectivity index is 1.52. The normalized spacial score (nSPS) is 22.0. The maximum Gasteiger partial charge on any atom is 0.280 e. The fourth-order valence-electron chi connectivity index (χ4n) is 4.10. The van der Waals surface area contributed by atoms with Crippen LogP contribution in [-0.4, -0.2) is 29.2 Å². The van der Waals surface area contributed by atoms with E-state index in [0.717, 1.165) is 49.9 Å². The summed E-state index contributed by atoms with van der Waals surface area (Å²) in [7, 11) is 0. The van der Waals surface area contributed by atoms with E-state index in [2.05, 4.69) is 21.1 Å². The van der Waals surface area contributed by atoms with Crippen LogP contribution in [0, 0.1) is 23.3 Å². The Bertz CT molecular complexity index is 1040. The summed E-state index contributed by atoms with van der Waals surface area (Å²) in [4.78, 5) is 16.6. The first-order chi connectivity index (χ1) is 15.8. The lowest BCUT2D eigenvalue weighted by Gasteiger charge is -2.24. The Hall–Kier alpha value is -3.02. The van der Waals surface area contributed by atoms with E-state index in [0.29, 0.717) is 12.0 Å². The average Bonchev–Trinajstić information content (AvgIpc) is 3.39. The first-order valence-corrected chi connectivity index (χ1v) is 10.7. The quantitative estimate of drug-likeness (QED) is 0.241. The van der Waals surface area contributed by atoms with Crippen LogP contribution in [0.4, 0.5) is 17.6 Å². The Morgan fingerprint density at radius 1 is 1.00 bits per heavy atom. The Labute approximate surface area is 188 Å². The van der Waals surface area contributed by atoms with Crippen molar-refractivity contribution >= 4 is 11.9 Å². The third-order valence-corrected chi connectivity index (χ3v) is 5.77. The molecule has 2 unspecified atom stereocenters. The predicted octanol–water partition coefficient (Wildman–Crippen LogP) is 3.01. The van der Waals surface area contributed by atoms with Gasteiger partial charge in [-0.1, -0.05) is 12.8 Å².